The van der Waals surface area contributed by atoms with E-state index in [1.807, 2.05) is 24.3 Å². The van der Waals surface area contributed by atoms with Crippen LogP contribution in [0, 0.1) is 0 Å². The van der Waals surface area contributed by atoms with E-state index in [2.05, 4.69) is 10.2 Å². The summed E-state index contributed by atoms with van der Waals surface area (Å²) < 4.78 is 5.60. The average Bonchev–Trinajstić information content (AvgIpc) is 2.60. The maximum atomic E-state index is 9.60. The molecule has 0 fully saturated rings. The van der Waals surface area contributed by atoms with Gasteiger partial charge in [0.05, 0.1) is 22.3 Å². The zero-order chi connectivity index (χ0) is 17.8. The van der Waals surface area contributed by atoms with Gasteiger partial charge in [-0.1, -0.05) is 46.9 Å². The third-order valence-corrected chi connectivity index (χ3v) is 4.29. The average molecular weight is 396 g/mol. The number of halogens is 3. The monoisotopic (exact) mass is 394 g/mol. The Kier molecular flexibility index (Phi) is 5.63. The maximum Gasteiger partial charge on any atom is 0.233 e. The Hall–Kier alpha value is -2.01. The number of benzene rings is 2. The van der Waals surface area contributed by atoms with E-state index in [1.54, 1.807) is 24.3 Å². The predicted molar refractivity (Wildman–Crippen MR) is 99.8 cm³/mol. The Balaban J connectivity index is 1.64. The molecular weight excluding hydrogens is 383 g/mol. The van der Waals surface area contributed by atoms with E-state index in [1.165, 1.54) is 0 Å². The highest BCUT2D eigenvalue weighted by Gasteiger charge is 2.10. The van der Waals surface area contributed by atoms with Crippen molar-refractivity contribution in [3.05, 3.63) is 69.2 Å². The lowest BCUT2D eigenvalue weighted by atomic mass is 10.1. The van der Waals surface area contributed by atoms with Crippen molar-refractivity contribution in [3.63, 3.8) is 0 Å². The van der Waals surface area contributed by atoms with Crippen molar-refractivity contribution in [2.45, 2.75) is 6.42 Å². The number of phenolic OH excluding ortho intramolecular Hbond substituents is 1. The second kappa shape index (κ2) is 7.91. The topological polar surface area (TPSA) is 55.2 Å². The van der Waals surface area contributed by atoms with Crippen molar-refractivity contribution in [2.75, 3.05) is 6.61 Å². The van der Waals surface area contributed by atoms with Gasteiger partial charge in [0.25, 0.3) is 0 Å². The Morgan fingerprint density at radius 2 is 1.68 bits per heavy atom. The fraction of sp³-hybridized carbons (Fsp3) is 0.111. The van der Waals surface area contributed by atoms with Gasteiger partial charge in [-0.05, 0) is 35.9 Å². The van der Waals surface area contributed by atoms with Crippen LogP contribution in [0.25, 0.3) is 11.3 Å². The molecule has 0 unspecified atom stereocenters. The summed E-state index contributed by atoms with van der Waals surface area (Å²) in [6, 6.07) is 14.2. The second-order valence-electron chi connectivity index (χ2n) is 5.27. The minimum atomic E-state index is -0.152. The summed E-state index contributed by atoms with van der Waals surface area (Å²) in [5.41, 5.74) is 2.32. The van der Waals surface area contributed by atoms with E-state index in [4.69, 9.17) is 39.5 Å². The highest BCUT2D eigenvalue weighted by molar-refractivity contribution is 6.37. The number of aromatic nitrogens is 2. The fourth-order valence-corrected chi connectivity index (χ4v) is 2.93. The number of aromatic hydroxyl groups is 1. The second-order valence-corrected chi connectivity index (χ2v) is 6.52. The van der Waals surface area contributed by atoms with Gasteiger partial charge < -0.3 is 9.84 Å². The van der Waals surface area contributed by atoms with Gasteiger partial charge in [0.2, 0.25) is 5.88 Å². The smallest absolute Gasteiger partial charge is 0.233 e. The molecule has 3 rings (SSSR count). The quantitative estimate of drug-likeness (QED) is 0.626. The van der Waals surface area contributed by atoms with Gasteiger partial charge in [-0.2, -0.15) is 0 Å². The van der Waals surface area contributed by atoms with Crippen molar-refractivity contribution < 1.29 is 9.84 Å². The first kappa shape index (κ1) is 17.8. The van der Waals surface area contributed by atoms with E-state index in [0.29, 0.717) is 35.2 Å². The maximum absolute atomic E-state index is 9.60. The first-order valence-corrected chi connectivity index (χ1v) is 8.55. The van der Waals surface area contributed by atoms with Crippen molar-refractivity contribution in [2.24, 2.45) is 0 Å². The minimum Gasteiger partial charge on any atom is -0.505 e. The molecule has 3 aromatic rings. The molecule has 0 aliphatic rings. The molecule has 2 aromatic carbocycles. The molecule has 25 heavy (non-hydrogen) atoms. The van der Waals surface area contributed by atoms with Crippen molar-refractivity contribution in [1.82, 2.24) is 10.2 Å². The van der Waals surface area contributed by atoms with Gasteiger partial charge in [-0.25, -0.2) is 0 Å². The summed E-state index contributed by atoms with van der Waals surface area (Å²) >= 11 is 17.8. The van der Waals surface area contributed by atoms with Crippen LogP contribution in [0.5, 0.6) is 11.6 Å². The van der Waals surface area contributed by atoms with Crippen molar-refractivity contribution >= 4 is 34.8 Å². The van der Waals surface area contributed by atoms with E-state index >= 15 is 0 Å². The molecule has 0 saturated carbocycles. The first-order valence-electron chi connectivity index (χ1n) is 7.42. The molecular formula is C18H13Cl3N2O2. The molecule has 128 valence electrons. The third-order valence-electron chi connectivity index (χ3n) is 3.48. The standard InChI is InChI=1S/C18H13Cl3N2O2/c19-13-3-1-2-11(8-13)6-7-25-17-5-4-16(22-23-17)12-9-14(20)18(24)15(21)10-12/h1-5,8-10,24H,6-7H2. The molecule has 0 saturated heterocycles. The van der Waals surface area contributed by atoms with Gasteiger partial charge in [0, 0.05) is 23.1 Å². The lowest BCUT2D eigenvalue weighted by Gasteiger charge is -2.07. The van der Waals surface area contributed by atoms with Crippen molar-refractivity contribution in [1.29, 1.82) is 0 Å². The molecule has 0 aliphatic heterocycles. The number of ether oxygens (including phenoxy) is 1. The normalized spacial score (nSPS) is 10.7. The molecule has 1 heterocycles. The van der Waals surface area contributed by atoms with E-state index in [9.17, 15) is 5.11 Å². The lowest BCUT2D eigenvalue weighted by molar-refractivity contribution is 0.306. The van der Waals surface area contributed by atoms with Crippen molar-refractivity contribution in [3.8, 4) is 22.9 Å². The molecule has 0 amide bonds. The summed E-state index contributed by atoms with van der Waals surface area (Å²) in [5, 5.41) is 18.8. The van der Waals surface area contributed by atoms with Gasteiger partial charge in [-0.15, -0.1) is 10.2 Å². The van der Waals surface area contributed by atoms with Crippen LogP contribution in [0.1, 0.15) is 5.56 Å². The largest absolute Gasteiger partial charge is 0.505 e. The van der Waals surface area contributed by atoms with Gasteiger partial charge in [0.15, 0.2) is 5.75 Å². The molecule has 0 spiro atoms. The zero-order valence-electron chi connectivity index (χ0n) is 12.9. The Bertz CT molecular complexity index is 863. The third kappa shape index (κ3) is 4.54. The van der Waals surface area contributed by atoms with E-state index in [0.717, 1.165) is 5.56 Å². The van der Waals surface area contributed by atoms with Crippen LogP contribution in [-0.4, -0.2) is 21.9 Å². The Morgan fingerprint density at radius 1 is 0.920 bits per heavy atom. The SMILES string of the molecule is Oc1c(Cl)cc(-c2ccc(OCCc3cccc(Cl)c3)nn2)cc1Cl. The van der Waals surface area contributed by atoms with Gasteiger partial charge in [-0.3, -0.25) is 0 Å². The first-order chi connectivity index (χ1) is 12.0. The lowest BCUT2D eigenvalue weighted by Crippen LogP contribution is -2.03. The summed E-state index contributed by atoms with van der Waals surface area (Å²) in [7, 11) is 0. The number of hydrogen-bond acceptors (Lipinski definition) is 4. The van der Waals surface area contributed by atoms with Crippen LogP contribution in [0.2, 0.25) is 15.1 Å². The molecule has 0 aliphatic carbocycles. The molecule has 4 nitrogen and oxygen atoms in total. The van der Waals surface area contributed by atoms with Crippen LogP contribution < -0.4 is 4.74 Å². The molecule has 0 bridgehead atoms. The Labute approximate surface area is 160 Å². The van der Waals surface area contributed by atoms with E-state index in [-0.39, 0.29) is 15.8 Å². The predicted octanol–water partition coefficient (Wildman–Crippen LogP) is 5.43. The zero-order valence-corrected chi connectivity index (χ0v) is 15.2. The Morgan fingerprint density at radius 3 is 2.32 bits per heavy atom. The van der Waals surface area contributed by atoms with Crippen LogP contribution in [0.3, 0.4) is 0 Å². The van der Waals surface area contributed by atoms with Crippen LogP contribution in [0.4, 0.5) is 0 Å². The summed E-state index contributed by atoms with van der Waals surface area (Å²) in [5.74, 6) is 0.266. The van der Waals surface area contributed by atoms with Gasteiger partial charge >= 0.3 is 0 Å². The van der Waals surface area contributed by atoms with Crippen LogP contribution >= 0.6 is 34.8 Å². The number of rotatable bonds is 5. The van der Waals surface area contributed by atoms with Gasteiger partial charge in [0.1, 0.15) is 0 Å². The van der Waals surface area contributed by atoms with E-state index < -0.39 is 0 Å². The number of nitrogens with zero attached hydrogens (tertiary/aromatic N) is 2. The van der Waals surface area contributed by atoms with Crippen LogP contribution in [0.15, 0.2) is 48.5 Å². The minimum absolute atomic E-state index is 0.152. The fourth-order valence-electron chi connectivity index (χ4n) is 2.23. The summed E-state index contributed by atoms with van der Waals surface area (Å²) in [6.07, 6.45) is 0.715. The molecule has 7 heteroatoms. The molecule has 0 atom stereocenters. The van der Waals surface area contributed by atoms with Crippen LogP contribution in [-0.2, 0) is 6.42 Å². The highest BCUT2D eigenvalue weighted by Crippen LogP contribution is 2.35. The number of phenols is 1. The molecule has 0 radical (unpaired) electrons. The summed E-state index contributed by atoms with van der Waals surface area (Å²) in [4.78, 5) is 0. The highest BCUT2D eigenvalue weighted by atomic mass is 35.5. The number of hydrogen-bond donors (Lipinski definition) is 1. The molecule has 1 N–H and O–H groups in total. The summed E-state index contributed by atoms with van der Waals surface area (Å²) in [6.45, 7) is 0.464. The molecule has 1 aromatic heterocycles.